The summed E-state index contributed by atoms with van der Waals surface area (Å²) in [4.78, 5) is 60.9. The number of amides is 3. The molecule has 12 nitrogen and oxygen atoms in total. The van der Waals surface area contributed by atoms with Crippen molar-refractivity contribution in [2.75, 3.05) is 25.2 Å². The molecule has 1 aliphatic heterocycles. The Bertz CT molecular complexity index is 662. The molecule has 1 heterocycles. The van der Waals surface area contributed by atoms with Gasteiger partial charge in [0.2, 0.25) is 17.7 Å². The van der Waals surface area contributed by atoms with E-state index in [-0.39, 0.29) is 19.4 Å². The highest BCUT2D eigenvalue weighted by atomic mass is 32.2. The molecular weight excluding hydrogens is 420 g/mol. The average molecular weight is 448 g/mol. The zero-order valence-corrected chi connectivity index (χ0v) is 17.4. The van der Waals surface area contributed by atoms with Crippen LogP contribution in [0.2, 0.25) is 0 Å². The van der Waals surface area contributed by atoms with Crippen molar-refractivity contribution < 1.29 is 39.3 Å². The van der Waals surface area contributed by atoms with Crippen molar-refractivity contribution in [3.8, 4) is 0 Å². The Kier molecular flexibility index (Phi) is 10.6. The van der Waals surface area contributed by atoms with Crippen molar-refractivity contribution in [2.24, 2.45) is 5.73 Å². The molecule has 170 valence electrons. The molecule has 30 heavy (non-hydrogen) atoms. The number of hydrogen-bond acceptors (Lipinski definition) is 8. The van der Waals surface area contributed by atoms with Gasteiger partial charge in [0.1, 0.15) is 24.2 Å². The van der Waals surface area contributed by atoms with Crippen molar-refractivity contribution in [2.45, 2.75) is 49.9 Å². The van der Waals surface area contributed by atoms with Crippen LogP contribution in [0.4, 0.5) is 0 Å². The van der Waals surface area contributed by atoms with Crippen LogP contribution in [0.25, 0.3) is 0 Å². The van der Waals surface area contributed by atoms with E-state index in [2.05, 4.69) is 10.6 Å². The first kappa shape index (κ1) is 25.7. The number of carboxylic acids is 2. The number of thioether (sulfide) groups is 1. The number of carbonyl (C=O) groups excluding carboxylic acids is 3. The Balaban J connectivity index is 2.92. The normalized spacial score (nSPS) is 18.9. The third-order valence-electron chi connectivity index (χ3n) is 4.59. The number of nitrogens with two attached hydrogens (primary N) is 1. The van der Waals surface area contributed by atoms with E-state index >= 15 is 0 Å². The van der Waals surface area contributed by atoms with Gasteiger partial charge in [-0.05, 0) is 31.3 Å². The van der Waals surface area contributed by atoms with E-state index < -0.39 is 66.9 Å². The summed E-state index contributed by atoms with van der Waals surface area (Å²) < 4.78 is 0. The molecule has 1 fully saturated rings. The molecule has 0 aromatic rings. The van der Waals surface area contributed by atoms with Crippen molar-refractivity contribution in [3.63, 3.8) is 0 Å². The zero-order valence-electron chi connectivity index (χ0n) is 16.6. The molecule has 0 bridgehead atoms. The van der Waals surface area contributed by atoms with E-state index in [9.17, 15) is 24.0 Å². The van der Waals surface area contributed by atoms with Crippen LogP contribution in [0.1, 0.15) is 25.7 Å². The lowest BCUT2D eigenvalue weighted by atomic mass is 10.1. The summed E-state index contributed by atoms with van der Waals surface area (Å²) in [6, 6.07) is -4.76. The highest BCUT2D eigenvalue weighted by Gasteiger charge is 2.39. The van der Waals surface area contributed by atoms with Crippen LogP contribution in [-0.2, 0) is 24.0 Å². The van der Waals surface area contributed by atoms with E-state index in [4.69, 9.17) is 21.1 Å². The molecule has 0 aromatic heterocycles. The summed E-state index contributed by atoms with van der Waals surface area (Å²) in [5, 5.41) is 31.6. The summed E-state index contributed by atoms with van der Waals surface area (Å²) in [5.41, 5.74) is 5.49. The molecule has 0 radical (unpaired) electrons. The lowest BCUT2D eigenvalue weighted by Gasteiger charge is -2.29. The van der Waals surface area contributed by atoms with Crippen molar-refractivity contribution in [3.05, 3.63) is 0 Å². The van der Waals surface area contributed by atoms with Crippen molar-refractivity contribution in [1.29, 1.82) is 0 Å². The maximum absolute atomic E-state index is 13.0. The summed E-state index contributed by atoms with van der Waals surface area (Å²) in [7, 11) is 0. The second kappa shape index (κ2) is 12.3. The second-order valence-corrected chi connectivity index (χ2v) is 7.80. The van der Waals surface area contributed by atoms with E-state index in [1.165, 1.54) is 16.7 Å². The van der Waals surface area contributed by atoms with Gasteiger partial charge < -0.3 is 36.6 Å². The number of aliphatic hydroxyl groups is 1. The second-order valence-electron chi connectivity index (χ2n) is 6.82. The number of rotatable bonds is 12. The molecule has 1 aliphatic rings. The number of carboxylic acid groups (broad SMARTS) is 2. The zero-order chi connectivity index (χ0) is 22.8. The van der Waals surface area contributed by atoms with Gasteiger partial charge in [-0.2, -0.15) is 11.8 Å². The third kappa shape index (κ3) is 7.46. The fourth-order valence-corrected chi connectivity index (χ4v) is 3.47. The molecule has 0 aromatic carbocycles. The van der Waals surface area contributed by atoms with Crippen LogP contribution >= 0.6 is 11.8 Å². The lowest BCUT2D eigenvalue weighted by molar-refractivity contribution is -0.148. The van der Waals surface area contributed by atoms with E-state index in [0.29, 0.717) is 12.2 Å². The third-order valence-corrected chi connectivity index (χ3v) is 5.23. The number of aliphatic carboxylic acids is 2. The van der Waals surface area contributed by atoms with Crippen molar-refractivity contribution >= 4 is 41.4 Å². The fourth-order valence-electron chi connectivity index (χ4n) is 3.00. The summed E-state index contributed by atoms with van der Waals surface area (Å²) >= 11 is 1.45. The van der Waals surface area contributed by atoms with Gasteiger partial charge in [0, 0.05) is 6.54 Å². The monoisotopic (exact) mass is 448 g/mol. The van der Waals surface area contributed by atoms with Crippen LogP contribution in [0, 0.1) is 0 Å². The van der Waals surface area contributed by atoms with Gasteiger partial charge >= 0.3 is 11.9 Å². The smallest absolute Gasteiger partial charge is 0.326 e. The molecule has 1 rings (SSSR count). The molecular formula is C17H28N4O8S. The number of aliphatic hydroxyl groups excluding tert-OH is 1. The van der Waals surface area contributed by atoms with E-state index in [1.807, 2.05) is 6.26 Å². The predicted molar refractivity (Wildman–Crippen MR) is 107 cm³/mol. The standard InChI is InChI=1S/C17H28N4O8S/c1-30-6-4-10(19-14(25)9(18)8-22)16(27)21-5-2-3-12(21)15(26)20-11(17(28)29)7-13(23)24/h9-12,22H,2-8,18H2,1H3,(H,19,25)(H,20,26)(H,23,24)(H,28,29). The lowest BCUT2D eigenvalue weighted by Crippen LogP contribution is -2.57. The Hall–Kier alpha value is -2.38. The molecule has 7 N–H and O–H groups in total. The SMILES string of the molecule is CSCCC(NC(=O)C(N)CO)C(=O)N1CCCC1C(=O)NC(CC(=O)O)C(=O)O. The van der Waals surface area contributed by atoms with Crippen LogP contribution in [0.15, 0.2) is 0 Å². The van der Waals surface area contributed by atoms with Gasteiger partial charge in [-0.3, -0.25) is 19.2 Å². The minimum atomic E-state index is -1.62. The molecule has 0 saturated carbocycles. The van der Waals surface area contributed by atoms with Gasteiger partial charge in [-0.1, -0.05) is 0 Å². The van der Waals surface area contributed by atoms with E-state index in [1.54, 1.807) is 0 Å². The molecule has 4 unspecified atom stereocenters. The fraction of sp³-hybridized carbons (Fsp3) is 0.706. The summed E-state index contributed by atoms with van der Waals surface area (Å²) in [6.07, 6.45) is 2.05. The molecule has 4 atom stereocenters. The number of nitrogens with zero attached hydrogens (tertiary/aromatic N) is 1. The van der Waals surface area contributed by atoms with Gasteiger partial charge in [0.15, 0.2) is 0 Å². The largest absolute Gasteiger partial charge is 0.481 e. The Morgan fingerprint density at radius 2 is 1.83 bits per heavy atom. The number of likely N-dealkylation sites (tertiary alicyclic amines) is 1. The van der Waals surface area contributed by atoms with Gasteiger partial charge in [-0.15, -0.1) is 0 Å². The van der Waals surface area contributed by atoms with Crippen LogP contribution < -0.4 is 16.4 Å². The van der Waals surface area contributed by atoms with Crippen LogP contribution in [-0.4, -0.2) is 99.2 Å². The van der Waals surface area contributed by atoms with E-state index in [0.717, 1.165) is 0 Å². The topological polar surface area (TPSA) is 199 Å². The first-order valence-corrected chi connectivity index (χ1v) is 10.7. The minimum Gasteiger partial charge on any atom is -0.481 e. The maximum atomic E-state index is 13.0. The Labute approximate surface area is 177 Å². The highest BCUT2D eigenvalue weighted by Crippen LogP contribution is 2.20. The van der Waals surface area contributed by atoms with Gasteiger partial charge in [-0.25, -0.2) is 4.79 Å². The predicted octanol–water partition coefficient (Wildman–Crippen LogP) is -2.42. The first-order valence-electron chi connectivity index (χ1n) is 9.33. The molecule has 3 amide bonds. The molecule has 0 aliphatic carbocycles. The molecule has 1 saturated heterocycles. The van der Waals surface area contributed by atoms with Gasteiger partial charge in [0.05, 0.1) is 13.0 Å². The summed E-state index contributed by atoms with van der Waals surface area (Å²) in [6.45, 7) is -0.366. The number of carbonyl (C=O) groups is 5. The molecule has 13 heteroatoms. The van der Waals surface area contributed by atoms with Gasteiger partial charge in [0.25, 0.3) is 0 Å². The first-order chi connectivity index (χ1) is 14.1. The van der Waals surface area contributed by atoms with Crippen molar-refractivity contribution in [1.82, 2.24) is 15.5 Å². The Morgan fingerprint density at radius 3 is 2.37 bits per heavy atom. The van der Waals surface area contributed by atoms with Crippen LogP contribution in [0.5, 0.6) is 0 Å². The quantitative estimate of drug-likeness (QED) is 0.187. The highest BCUT2D eigenvalue weighted by molar-refractivity contribution is 7.98. The number of hydrogen-bond donors (Lipinski definition) is 6. The summed E-state index contributed by atoms with van der Waals surface area (Å²) in [5.74, 6) is -4.34. The molecule has 0 spiro atoms. The Morgan fingerprint density at radius 1 is 1.17 bits per heavy atom. The number of nitrogens with one attached hydrogen (secondary N) is 2. The average Bonchev–Trinajstić information content (AvgIpc) is 3.18. The maximum Gasteiger partial charge on any atom is 0.326 e. The minimum absolute atomic E-state index is 0.227. The van der Waals surface area contributed by atoms with Crippen LogP contribution in [0.3, 0.4) is 0 Å².